The SMILES string of the molecule is NCc1n[nH]c(=O)c2cc(-c3ccncc3)ccc12. The topological polar surface area (TPSA) is 84.7 Å². The lowest BCUT2D eigenvalue weighted by atomic mass is 10.0. The highest BCUT2D eigenvalue weighted by molar-refractivity contribution is 5.88. The molecule has 3 aromatic rings. The largest absolute Gasteiger partial charge is 0.325 e. The lowest BCUT2D eigenvalue weighted by molar-refractivity contribution is 0.900. The Hall–Kier alpha value is -2.53. The molecule has 19 heavy (non-hydrogen) atoms. The monoisotopic (exact) mass is 252 g/mol. The molecular formula is C14H12N4O. The first-order valence-corrected chi connectivity index (χ1v) is 5.91. The van der Waals surface area contributed by atoms with Crippen molar-refractivity contribution in [3.05, 3.63) is 58.8 Å². The van der Waals surface area contributed by atoms with Crippen LogP contribution in [0.5, 0.6) is 0 Å². The van der Waals surface area contributed by atoms with Gasteiger partial charge in [-0.05, 0) is 29.3 Å². The Labute approximate surface area is 109 Å². The van der Waals surface area contributed by atoms with Crippen molar-refractivity contribution in [2.24, 2.45) is 5.73 Å². The highest BCUT2D eigenvalue weighted by Gasteiger charge is 2.07. The quantitative estimate of drug-likeness (QED) is 0.722. The summed E-state index contributed by atoms with van der Waals surface area (Å²) in [6, 6.07) is 9.50. The molecule has 5 nitrogen and oxygen atoms in total. The molecule has 0 saturated heterocycles. The zero-order chi connectivity index (χ0) is 13.2. The van der Waals surface area contributed by atoms with E-state index in [1.165, 1.54) is 0 Å². The Balaban J connectivity index is 2.27. The van der Waals surface area contributed by atoms with E-state index in [9.17, 15) is 4.79 Å². The van der Waals surface area contributed by atoms with Gasteiger partial charge in [0.25, 0.3) is 5.56 Å². The molecule has 0 aliphatic carbocycles. The molecule has 0 saturated carbocycles. The Morgan fingerprint density at radius 1 is 1.05 bits per heavy atom. The van der Waals surface area contributed by atoms with E-state index in [0.717, 1.165) is 16.5 Å². The zero-order valence-electron chi connectivity index (χ0n) is 10.1. The maximum atomic E-state index is 11.9. The minimum absolute atomic E-state index is 0.205. The van der Waals surface area contributed by atoms with Gasteiger partial charge in [-0.15, -0.1) is 0 Å². The Bertz CT molecular complexity index is 780. The van der Waals surface area contributed by atoms with E-state index < -0.39 is 0 Å². The van der Waals surface area contributed by atoms with Gasteiger partial charge in [-0.3, -0.25) is 9.78 Å². The van der Waals surface area contributed by atoms with Gasteiger partial charge in [-0.1, -0.05) is 12.1 Å². The maximum absolute atomic E-state index is 11.9. The molecule has 0 fully saturated rings. The van der Waals surface area contributed by atoms with Gasteiger partial charge in [0.1, 0.15) is 0 Å². The Morgan fingerprint density at radius 2 is 1.84 bits per heavy atom. The summed E-state index contributed by atoms with van der Waals surface area (Å²) in [7, 11) is 0. The third-order valence-corrected chi connectivity index (χ3v) is 3.07. The van der Waals surface area contributed by atoms with Crippen LogP contribution in [0.25, 0.3) is 21.9 Å². The zero-order valence-corrected chi connectivity index (χ0v) is 10.1. The predicted molar refractivity (Wildman–Crippen MR) is 73.5 cm³/mol. The molecule has 0 aliphatic heterocycles. The predicted octanol–water partition coefficient (Wildman–Crippen LogP) is 1.44. The molecular weight excluding hydrogens is 240 g/mol. The number of H-pyrrole nitrogens is 1. The highest BCUT2D eigenvalue weighted by atomic mass is 16.1. The summed E-state index contributed by atoms with van der Waals surface area (Å²) < 4.78 is 0. The molecule has 0 spiro atoms. The van der Waals surface area contributed by atoms with Crippen LogP contribution in [0.1, 0.15) is 5.69 Å². The van der Waals surface area contributed by atoms with Crippen molar-refractivity contribution in [1.82, 2.24) is 15.2 Å². The van der Waals surface area contributed by atoms with E-state index in [-0.39, 0.29) is 5.56 Å². The van der Waals surface area contributed by atoms with E-state index in [2.05, 4.69) is 15.2 Å². The van der Waals surface area contributed by atoms with Crippen molar-refractivity contribution in [3.63, 3.8) is 0 Å². The molecule has 1 aromatic carbocycles. The summed E-state index contributed by atoms with van der Waals surface area (Å²) >= 11 is 0. The fraction of sp³-hybridized carbons (Fsp3) is 0.0714. The average molecular weight is 252 g/mol. The number of nitrogens with one attached hydrogen (secondary N) is 1. The molecule has 3 rings (SSSR count). The second-order valence-electron chi connectivity index (χ2n) is 4.20. The first-order chi connectivity index (χ1) is 9.29. The average Bonchev–Trinajstić information content (AvgIpc) is 2.48. The van der Waals surface area contributed by atoms with E-state index >= 15 is 0 Å². The summed E-state index contributed by atoms with van der Waals surface area (Å²) in [6.07, 6.45) is 3.45. The van der Waals surface area contributed by atoms with Gasteiger partial charge in [0.15, 0.2) is 0 Å². The van der Waals surface area contributed by atoms with Crippen molar-refractivity contribution in [3.8, 4) is 11.1 Å². The smallest absolute Gasteiger partial charge is 0.272 e. The second kappa shape index (κ2) is 4.62. The number of nitrogens with zero attached hydrogens (tertiary/aromatic N) is 2. The highest BCUT2D eigenvalue weighted by Crippen LogP contribution is 2.23. The molecule has 0 amide bonds. The number of aromatic nitrogens is 3. The van der Waals surface area contributed by atoms with Crippen LogP contribution in [0.15, 0.2) is 47.5 Å². The standard InChI is InChI=1S/C14H12N4O/c15-8-13-11-2-1-10(9-3-5-16-6-4-9)7-12(11)14(19)18-17-13/h1-7H,8,15H2,(H,18,19). The lowest BCUT2D eigenvalue weighted by Gasteiger charge is -2.05. The van der Waals surface area contributed by atoms with Gasteiger partial charge in [-0.2, -0.15) is 5.10 Å². The number of rotatable bonds is 2. The van der Waals surface area contributed by atoms with E-state index in [0.29, 0.717) is 17.6 Å². The van der Waals surface area contributed by atoms with Gasteiger partial charge in [0.05, 0.1) is 11.1 Å². The van der Waals surface area contributed by atoms with Gasteiger partial charge >= 0.3 is 0 Å². The number of fused-ring (bicyclic) bond motifs is 1. The summed E-state index contributed by atoms with van der Waals surface area (Å²) in [5.41, 5.74) is 8.09. The van der Waals surface area contributed by atoms with Crippen LogP contribution in [-0.2, 0) is 6.54 Å². The van der Waals surface area contributed by atoms with Crippen molar-refractivity contribution in [2.45, 2.75) is 6.54 Å². The molecule has 0 bridgehead atoms. The minimum atomic E-state index is -0.205. The molecule has 2 heterocycles. The normalized spacial score (nSPS) is 10.8. The van der Waals surface area contributed by atoms with Crippen LogP contribution in [-0.4, -0.2) is 15.2 Å². The van der Waals surface area contributed by atoms with Crippen LogP contribution >= 0.6 is 0 Å². The number of benzene rings is 1. The lowest BCUT2D eigenvalue weighted by Crippen LogP contribution is -2.13. The van der Waals surface area contributed by atoms with Crippen molar-refractivity contribution in [2.75, 3.05) is 0 Å². The maximum Gasteiger partial charge on any atom is 0.272 e. The summed E-state index contributed by atoms with van der Waals surface area (Å²) in [4.78, 5) is 15.8. The molecule has 0 radical (unpaired) electrons. The van der Waals surface area contributed by atoms with Crippen LogP contribution < -0.4 is 11.3 Å². The van der Waals surface area contributed by atoms with Crippen LogP contribution in [0.2, 0.25) is 0 Å². The van der Waals surface area contributed by atoms with Crippen LogP contribution in [0.4, 0.5) is 0 Å². The Morgan fingerprint density at radius 3 is 2.58 bits per heavy atom. The fourth-order valence-electron chi connectivity index (χ4n) is 2.10. The molecule has 0 aliphatic rings. The molecule has 3 N–H and O–H groups in total. The third-order valence-electron chi connectivity index (χ3n) is 3.07. The molecule has 0 unspecified atom stereocenters. The van der Waals surface area contributed by atoms with Gasteiger partial charge in [0, 0.05) is 24.3 Å². The van der Waals surface area contributed by atoms with E-state index in [1.54, 1.807) is 12.4 Å². The summed E-state index contributed by atoms with van der Waals surface area (Å²) in [6.45, 7) is 0.294. The van der Waals surface area contributed by atoms with Gasteiger partial charge in [0.2, 0.25) is 0 Å². The van der Waals surface area contributed by atoms with Crippen molar-refractivity contribution >= 4 is 10.8 Å². The molecule has 5 heteroatoms. The molecule has 2 aromatic heterocycles. The second-order valence-corrected chi connectivity index (χ2v) is 4.20. The number of hydrogen-bond donors (Lipinski definition) is 2. The van der Waals surface area contributed by atoms with Crippen molar-refractivity contribution < 1.29 is 0 Å². The number of nitrogens with two attached hydrogens (primary N) is 1. The first kappa shape index (κ1) is 11.6. The number of hydrogen-bond acceptors (Lipinski definition) is 4. The van der Waals surface area contributed by atoms with Gasteiger partial charge in [-0.25, -0.2) is 5.10 Å². The van der Waals surface area contributed by atoms with Crippen molar-refractivity contribution in [1.29, 1.82) is 0 Å². The minimum Gasteiger partial charge on any atom is -0.325 e. The van der Waals surface area contributed by atoms with Crippen LogP contribution in [0.3, 0.4) is 0 Å². The van der Waals surface area contributed by atoms with E-state index in [4.69, 9.17) is 5.73 Å². The summed E-state index contributed by atoms with van der Waals surface area (Å²) in [5.74, 6) is 0. The fourth-order valence-corrected chi connectivity index (χ4v) is 2.10. The summed E-state index contributed by atoms with van der Waals surface area (Å²) in [5, 5.41) is 7.83. The molecule has 94 valence electrons. The first-order valence-electron chi connectivity index (χ1n) is 5.91. The number of pyridine rings is 1. The van der Waals surface area contributed by atoms with Crippen LogP contribution in [0, 0.1) is 0 Å². The Kier molecular flexibility index (Phi) is 2.81. The van der Waals surface area contributed by atoms with Gasteiger partial charge < -0.3 is 5.73 Å². The third kappa shape index (κ3) is 2.00. The number of aromatic amines is 1. The van der Waals surface area contributed by atoms with E-state index in [1.807, 2.05) is 30.3 Å². The molecule has 0 atom stereocenters.